The van der Waals surface area contributed by atoms with E-state index in [0.29, 0.717) is 13.1 Å². The monoisotopic (exact) mass is 340 g/mol. The summed E-state index contributed by atoms with van der Waals surface area (Å²) < 4.78 is 5.54. The molecule has 2 heterocycles. The zero-order valence-corrected chi connectivity index (χ0v) is 15.2. The number of amides is 2. The van der Waals surface area contributed by atoms with Gasteiger partial charge in [0.15, 0.2) is 0 Å². The van der Waals surface area contributed by atoms with E-state index >= 15 is 0 Å². The molecule has 1 saturated heterocycles. The smallest absolute Gasteiger partial charge is 0.228 e. The van der Waals surface area contributed by atoms with Gasteiger partial charge < -0.3 is 14.2 Å². The minimum absolute atomic E-state index is 0.00860. The summed E-state index contributed by atoms with van der Waals surface area (Å²) in [5, 5.41) is 0. The molecule has 132 valence electrons. The SMILES string of the molecule is Cc1ccc(CN(C)C(=O)C2CC(=O)N(c3cccc(C)c3C)C2)o1. The largest absolute Gasteiger partial charge is 0.464 e. The van der Waals surface area contributed by atoms with E-state index in [4.69, 9.17) is 4.42 Å². The lowest BCUT2D eigenvalue weighted by Gasteiger charge is -2.22. The molecule has 3 rings (SSSR count). The highest BCUT2D eigenvalue weighted by Gasteiger charge is 2.37. The maximum absolute atomic E-state index is 12.7. The molecule has 1 aliphatic rings. The number of nitrogens with zero attached hydrogens (tertiary/aromatic N) is 2. The minimum Gasteiger partial charge on any atom is -0.464 e. The molecule has 5 nitrogen and oxygen atoms in total. The van der Waals surface area contributed by atoms with Crippen molar-refractivity contribution in [1.29, 1.82) is 0 Å². The Balaban J connectivity index is 1.71. The maximum Gasteiger partial charge on any atom is 0.228 e. The molecule has 0 N–H and O–H groups in total. The molecular formula is C20H24N2O3. The van der Waals surface area contributed by atoms with Gasteiger partial charge in [0.2, 0.25) is 11.8 Å². The van der Waals surface area contributed by atoms with Gasteiger partial charge in [0.25, 0.3) is 0 Å². The fourth-order valence-electron chi connectivity index (χ4n) is 3.33. The Morgan fingerprint density at radius 2 is 2.00 bits per heavy atom. The Morgan fingerprint density at radius 3 is 2.68 bits per heavy atom. The van der Waals surface area contributed by atoms with E-state index in [-0.39, 0.29) is 24.2 Å². The van der Waals surface area contributed by atoms with Gasteiger partial charge in [-0.15, -0.1) is 0 Å². The van der Waals surface area contributed by atoms with E-state index in [9.17, 15) is 9.59 Å². The molecule has 1 aromatic heterocycles. The number of carbonyl (C=O) groups excluding carboxylic acids is 2. The van der Waals surface area contributed by atoms with E-state index < -0.39 is 0 Å². The second-order valence-electron chi connectivity index (χ2n) is 6.83. The number of benzene rings is 1. The van der Waals surface area contributed by atoms with Gasteiger partial charge in [-0.05, 0) is 50.1 Å². The predicted molar refractivity (Wildman–Crippen MR) is 96.3 cm³/mol. The Kier molecular flexibility index (Phi) is 4.66. The quantitative estimate of drug-likeness (QED) is 0.859. The van der Waals surface area contributed by atoms with Crippen LogP contribution < -0.4 is 4.90 Å². The molecule has 0 aliphatic carbocycles. The van der Waals surface area contributed by atoms with Crippen molar-refractivity contribution in [2.45, 2.75) is 33.7 Å². The van der Waals surface area contributed by atoms with Gasteiger partial charge in [0, 0.05) is 25.7 Å². The summed E-state index contributed by atoms with van der Waals surface area (Å²) >= 11 is 0. The van der Waals surface area contributed by atoms with Crippen LogP contribution in [0.4, 0.5) is 5.69 Å². The molecule has 2 aromatic rings. The lowest BCUT2D eigenvalue weighted by Crippen LogP contribution is -2.34. The van der Waals surface area contributed by atoms with Gasteiger partial charge in [-0.1, -0.05) is 12.1 Å². The van der Waals surface area contributed by atoms with Gasteiger partial charge in [0.1, 0.15) is 11.5 Å². The highest BCUT2D eigenvalue weighted by molar-refractivity contribution is 6.00. The first-order valence-electron chi connectivity index (χ1n) is 8.53. The maximum atomic E-state index is 12.7. The number of carbonyl (C=O) groups is 2. The fourth-order valence-corrected chi connectivity index (χ4v) is 3.33. The van der Waals surface area contributed by atoms with Crippen LogP contribution in [0.3, 0.4) is 0 Å². The molecule has 0 spiro atoms. The molecular weight excluding hydrogens is 316 g/mol. The van der Waals surface area contributed by atoms with Crippen molar-refractivity contribution < 1.29 is 14.0 Å². The molecule has 1 unspecified atom stereocenters. The van der Waals surface area contributed by atoms with Crippen LogP contribution in [0, 0.1) is 26.7 Å². The summed E-state index contributed by atoms with van der Waals surface area (Å²) in [4.78, 5) is 28.6. The number of aryl methyl sites for hydroxylation is 2. The number of hydrogen-bond donors (Lipinski definition) is 0. The summed E-state index contributed by atoms with van der Waals surface area (Å²) in [7, 11) is 1.76. The summed E-state index contributed by atoms with van der Waals surface area (Å²) in [5.41, 5.74) is 3.14. The van der Waals surface area contributed by atoms with E-state index in [1.165, 1.54) is 0 Å². The Labute approximate surface area is 148 Å². The van der Waals surface area contributed by atoms with Crippen molar-refractivity contribution in [2.75, 3.05) is 18.5 Å². The molecule has 0 bridgehead atoms. The number of rotatable bonds is 4. The van der Waals surface area contributed by atoms with Gasteiger partial charge in [-0.2, -0.15) is 0 Å². The molecule has 1 aromatic carbocycles. The van der Waals surface area contributed by atoms with Crippen LogP contribution in [0.2, 0.25) is 0 Å². The molecule has 0 radical (unpaired) electrons. The topological polar surface area (TPSA) is 53.8 Å². The third kappa shape index (κ3) is 3.45. The first kappa shape index (κ1) is 17.3. The highest BCUT2D eigenvalue weighted by atomic mass is 16.3. The van der Waals surface area contributed by atoms with Crippen LogP contribution in [0.1, 0.15) is 29.1 Å². The van der Waals surface area contributed by atoms with E-state index in [1.54, 1.807) is 16.8 Å². The van der Waals surface area contributed by atoms with E-state index in [0.717, 1.165) is 28.3 Å². The summed E-state index contributed by atoms with van der Waals surface area (Å²) in [6.07, 6.45) is 0.258. The van der Waals surface area contributed by atoms with Gasteiger partial charge >= 0.3 is 0 Å². The third-order valence-corrected chi connectivity index (χ3v) is 4.91. The number of hydrogen-bond acceptors (Lipinski definition) is 3. The van der Waals surface area contributed by atoms with Crippen molar-refractivity contribution in [3.8, 4) is 0 Å². The van der Waals surface area contributed by atoms with Crippen molar-refractivity contribution in [2.24, 2.45) is 5.92 Å². The van der Waals surface area contributed by atoms with Crippen LogP contribution in [-0.4, -0.2) is 30.3 Å². The van der Waals surface area contributed by atoms with Crippen LogP contribution in [0.5, 0.6) is 0 Å². The van der Waals surface area contributed by atoms with Crippen molar-refractivity contribution >= 4 is 17.5 Å². The van der Waals surface area contributed by atoms with Crippen LogP contribution >= 0.6 is 0 Å². The number of furan rings is 1. The molecule has 0 saturated carbocycles. The molecule has 25 heavy (non-hydrogen) atoms. The Morgan fingerprint density at radius 1 is 1.24 bits per heavy atom. The van der Waals surface area contributed by atoms with Crippen molar-refractivity contribution in [3.63, 3.8) is 0 Å². The zero-order valence-electron chi connectivity index (χ0n) is 15.2. The Hall–Kier alpha value is -2.56. The Bertz CT molecular complexity index is 809. The average molecular weight is 340 g/mol. The normalized spacial score (nSPS) is 17.2. The van der Waals surface area contributed by atoms with Crippen molar-refractivity contribution in [1.82, 2.24) is 4.90 Å². The lowest BCUT2D eigenvalue weighted by molar-refractivity contribution is -0.135. The summed E-state index contributed by atoms with van der Waals surface area (Å²) in [6.45, 7) is 6.77. The van der Waals surface area contributed by atoms with Crippen molar-refractivity contribution in [3.05, 3.63) is 53.0 Å². The van der Waals surface area contributed by atoms with E-state index in [2.05, 4.69) is 0 Å². The second-order valence-corrected chi connectivity index (χ2v) is 6.83. The summed E-state index contributed by atoms with van der Waals surface area (Å²) in [6, 6.07) is 9.69. The first-order valence-corrected chi connectivity index (χ1v) is 8.53. The lowest BCUT2D eigenvalue weighted by atomic mass is 10.1. The van der Waals surface area contributed by atoms with Crippen LogP contribution in [0.25, 0.3) is 0 Å². The third-order valence-electron chi connectivity index (χ3n) is 4.91. The van der Waals surface area contributed by atoms with Gasteiger partial charge in [-0.3, -0.25) is 9.59 Å². The molecule has 5 heteroatoms. The molecule has 1 atom stereocenters. The standard InChI is InChI=1S/C20H24N2O3/c1-13-6-5-7-18(15(13)3)22-11-16(10-19(22)23)20(24)21(4)12-17-9-8-14(2)25-17/h5-9,16H,10-12H2,1-4H3. The second kappa shape index (κ2) is 6.75. The van der Waals surface area contributed by atoms with Gasteiger partial charge in [-0.25, -0.2) is 0 Å². The summed E-state index contributed by atoms with van der Waals surface area (Å²) in [5.74, 6) is 1.26. The average Bonchev–Trinajstić information content (AvgIpc) is 3.15. The molecule has 1 aliphatic heterocycles. The van der Waals surface area contributed by atoms with Gasteiger partial charge in [0.05, 0.1) is 12.5 Å². The van der Waals surface area contributed by atoms with E-state index in [1.807, 2.05) is 51.1 Å². The molecule has 2 amide bonds. The molecule has 1 fully saturated rings. The number of anilines is 1. The van der Waals surface area contributed by atoms with Crippen LogP contribution in [0.15, 0.2) is 34.7 Å². The van der Waals surface area contributed by atoms with Crippen LogP contribution in [-0.2, 0) is 16.1 Å². The highest BCUT2D eigenvalue weighted by Crippen LogP contribution is 2.30. The fraction of sp³-hybridized carbons (Fsp3) is 0.400. The minimum atomic E-state index is -0.312. The predicted octanol–water partition coefficient (Wildman–Crippen LogP) is 3.22. The first-order chi connectivity index (χ1) is 11.9. The zero-order chi connectivity index (χ0) is 18.1.